The third kappa shape index (κ3) is 15.4. The van der Waals surface area contributed by atoms with E-state index in [0.717, 1.165) is 167 Å². The summed E-state index contributed by atoms with van der Waals surface area (Å²) >= 11 is 0. The summed E-state index contributed by atoms with van der Waals surface area (Å²) < 4.78 is 50.8. The molecule has 141 heavy (non-hydrogen) atoms. The van der Waals surface area contributed by atoms with Crippen molar-refractivity contribution in [1.29, 1.82) is 0 Å². The second-order valence-corrected chi connectivity index (χ2v) is 37.1. The molecule has 0 unspecified atom stereocenters. The van der Waals surface area contributed by atoms with Crippen molar-refractivity contribution in [2.45, 2.75) is 54.6 Å². The summed E-state index contributed by atoms with van der Waals surface area (Å²) in [4.78, 5) is 20.9. The van der Waals surface area contributed by atoms with Crippen molar-refractivity contribution in [2.75, 3.05) is 0 Å². The molecule has 0 bridgehead atoms. The van der Waals surface area contributed by atoms with Gasteiger partial charge >= 0.3 is 6.18 Å². The maximum atomic E-state index is 13.7. The highest BCUT2D eigenvalue weighted by Crippen LogP contribution is 2.49. The Hall–Kier alpha value is -17.7. The number of hydrogen-bond donors (Lipinski definition) is 0. The molecule has 19 aromatic carbocycles. The van der Waals surface area contributed by atoms with Gasteiger partial charge in [0.25, 0.3) is 0 Å². The molecule has 0 atom stereocenters. The topological polar surface area (TPSA) is 71.3 Å². The van der Waals surface area contributed by atoms with Crippen LogP contribution in [0.1, 0.15) is 44.5 Å². The van der Waals surface area contributed by atoms with Gasteiger partial charge < -0.3 is 18.3 Å². The first-order valence-electron chi connectivity index (χ1n) is 47.9. The zero-order chi connectivity index (χ0) is 95.4. The third-order valence-corrected chi connectivity index (χ3v) is 28.0. The molecule has 0 fully saturated rings. The summed E-state index contributed by atoms with van der Waals surface area (Å²) in [5.41, 5.74) is 40.6. The van der Waals surface area contributed by atoms with Crippen molar-refractivity contribution < 1.29 is 13.2 Å². The van der Waals surface area contributed by atoms with Crippen LogP contribution in [-0.4, -0.2) is 38.2 Å². The van der Waals surface area contributed by atoms with Crippen LogP contribution < -0.4 is 0 Å². The summed E-state index contributed by atoms with van der Waals surface area (Å²) in [6, 6.07) is 153. The van der Waals surface area contributed by atoms with Gasteiger partial charge in [-0.1, -0.05) is 321 Å². The third-order valence-electron chi connectivity index (χ3n) is 28.0. The van der Waals surface area contributed by atoms with Gasteiger partial charge in [-0.25, -0.2) is 19.9 Å². The Balaban J connectivity index is 0.000000153. The predicted octanol–water partition coefficient (Wildman–Crippen LogP) is 34.9. The van der Waals surface area contributed by atoms with E-state index in [1.54, 1.807) is 13.0 Å². The van der Waals surface area contributed by atoms with Crippen molar-refractivity contribution in [3.05, 3.63) is 481 Å². The molecule has 0 saturated carbocycles. The molecule has 0 aliphatic rings. The fourth-order valence-corrected chi connectivity index (χ4v) is 21.9. The van der Waals surface area contributed by atoms with Gasteiger partial charge in [-0.3, -0.25) is 0 Å². The molecule has 0 radical (unpaired) electrons. The van der Waals surface area contributed by atoms with E-state index >= 15 is 0 Å². The first kappa shape index (κ1) is 86.2. The standard InChI is InChI=1S/C70H54N4.C60H39F3N4/c1-43-35-45(3)68(46(4)36-43)52-30-33-66-58(40-52)59-41-53(69-47(5)37-44(2)38-48(69)6)31-34-67(59)74(66)65-32-29-51(61-42-60(49-19-9-7-10-20-49)71-70(72-61)50-21-11-8-12-22-50)39-57(65)56-25-15-18-28-64(56)73-62-26-16-13-23-54(62)55-24-14-17-27-63(55)73;1-38-34-43(60(61,62)63)30-31-44(38)41-28-32-57-49(35-41)47-22-10-15-27-56(47)67(57)58-33-29-42(52-37-51(39-16-4-2-5-17-39)64-59(65-52)40-18-6-3-7-19-40)36-50(58)48-23-11-14-26-55(48)66-53-24-12-8-20-45(53)46-21-9-13-25-54(46)66/h7-42H,1-6H3;2-37H,1H3. The van der Waals surface area contributed by atoms with Crippen molar-refractivity contribution in [2.24, 2.45) is 0 Å². The second kappa shape index (κ2) is 35.2. The predicted molar refractivity (Wildman–Crippen MR) is 579 cm³/mol. The molecule has 0 aliphatic carbocycles. The van der Waals surface area contributed by atoms with E-state index in [4.69, 9.17) is 19.9 Å². The van der Waals surface area contributed by atoms with Crippen LogP contribution in [-0.2, 0) is 6.18 Å². The number of aromatic nitrogens is 8. The lowest BCUT2D eigenvalue weighted by atomic mass is 9.91. The fraction of sp³-hybridized carbons (Fsp3) is 0.0615. The van der Waals surface area contributed by atoms with Crippen molar-refractivity contribution >= 4 is 87.2 Å². The van der Waals surface area contributed by atoms with E-state index in [-0.39, 0.29) is 0 Å². The molecule has 6 aromatic heterocycles. The Morgan fingerprint density at radius 2 is 0.461 bits per heavy atom. The quantitative estimate of drug-likeness (QED) is 0.103. The molecule has 0 saturated heterocycles. The Morgan fingerprint density at radius 1 is 0.184 bits per heavy atom. The van der Waals surface area contributed by atoms with Gasteiger partial charge in [-0.15, -0.1) is 0 Å². The molecule has 0 amide bonds. The summed E-state index contributed by atoms with van der Waals surface area (Å²) in [6.07, 6.45) is -4.42. The van der Waals surface area contributed by atoms with E-state index in [2.05, 4.69) is 412 Å². The Kier molecular flexibility index (Phi) is 21.5. The first-order chi connectivity index (χ1) is 68.9. The molecule has 25 rings (SSSR count). The van der Waals surface area contributed by atoms with E-state index in [1.165, 1.54) is 100 Å². The Morgan fingerprint density at radius 3 is 0.816 bits per heavy atom. The van der Waals surface area contributed by atoms with Gasteiger partial charge in [0.05, 0.1) is 95.2 Å². The minimum Gasteiger partial charge on any atom is -0.309 e. The number of fused-ring (bicyclic) bond motifs is 12. The average molecular weight is 1820 g/mol. The van der Waals surface area contributed by atoms with Gasteiger partial charge in [-0.05, 0) is 237 Å². The van der Waals surface area contributed by atoms with Crippen LogP contribution >= 0.6 is 0 Å². The van der Waals surface area contributed by atoms with Crippen LogP contribution in [0.15, 0.2) is 437 Å². The molecule has 674 valence electrons. The highest BCUT2D eigenvalue weighted by Gasteiger charge is 2.32. The maximum Gasteiger partial charge on any atom is 0.416 e. The zero-order valence-corrected chi connectivity index (χ0v) is 78.8. The molecule has 0 aliphatic heterocycles. The van der Waals surface area contributed by atoms with Crippen molar-refractivity contribution in [3.8, 4) is 146 Å². The van der Waals surface area contributed by atoms with E-state index < -0.39 is 11.7 Å². The lowest BCUT2D eigenvalue weighted by molar-refractivity contribution is -0.137. The number of para-hydroxylation sites is 7. The summed E-state index contributed by atoms with van der Waals surface area (Å²) in [7, 11) is 0. The summed E-state index contributed by atoms with van der Waals surface area (Å²) in [5, 5.41) is 9.24. The minimum atomic E-state index is -4.42. The number of benzene rings is 19. The van der Waals surface area contributed by atoms with Crippen LogP contribution in [0.4, 0.5) is 13.2 Å². The lowest BCUT2D eigenvalue weighted by Gasteiger charge is -2.20. The number of alkyl halides is 3. The lowest BCUT2D eigenvalue weighted by Crippen LogP contribution is -2.05. The summed E-state index contributed by atoms with van der Waals surface area (Å²) in [6.45, 7) is 15.1. The first-order valence-corrected chi connectivity index (χ1v) is 47.9. The number of hydrogen-bond acceptors (Lipinski definition) is 4. The monoisotopic (exact) mass is 1820 g/mol. The molecular formula is C130H93F3N8. The van der Waals surface area contributed by atoms with Crippen molar-refractivity contribution in [3.63, 3.8) is 0 Å². The van der Waals surface area contributed by atoms with Gasteiger partial charge in [0.1, 0.15) is 0 Å². The number of rotatable bonds is 15. The molecule has 0 N–H and O–H groups in total. The van der Waals surface area contributed by atoms with Gasteiger partial charge in [0.15, 0.2) is 11.6 Å². The largest absolute Gasteiger partial charge is 0.416 e. The van der Waals surface area contributed by atoms with Crippen molar-refractivity contribution in [1.82, 2.24) is 38.2 Å². The van der Waals surface area contributed by atoms with E-state index in [0.29, 0.717) is 17.2 Å². The number of aryl methyl sites for hydroxylation is 7. The fourth-order valence-electron chi connectivity index (χ4n) is 21.9. The van der Waals surface area contributed by atoms with Gasteiger partial charge in [0.2, 0.25) is 0 Å². The van der Waals surface area contributed by atoms with Crippen LogP contribution in [0.2, 0.25) is 0 Å². The van der Waals surface area contributed by atoms with Gasteiger partial charge in [-0.2, -0.15) is 13.2 Å². The van der Waals surface area contributed by atoms with Crippen LogP contribution in [0.5, 0.6) is 0 Å². The van der Waals surface area contributed by atoms with E-state index in [1.807, 2.05) is 66.7 Å². The highest BCUT2D eigenvalue weighted by molar-refractivity contribution is 6.16. The van der Waals surface area contributed by atoms with Gasteiger partial charge in [0, 0.05) is 98.7 Å². The average Bonchev–Trinajstić information content (AvgIpc) is 1.47. The molecule has 8 nitrogen and oxygen atoms in total. The maximum absolute atomic E-state index is 13.7. The molecular weight excluding hydrogens is 1730 g/mol. The van der Waals surface area contributed by atoms with Crippen LogP contribution in [0, 0.1) is 48.5 Å². The zero-order valence-electron chi connectivity index (χ0n) is 78.8. The molecule has 6 heterocycles. The highest BCUT2D eigenvalue weighted by atomic mass is 19.4. The second-order valence-electron chi connectivity index (χ2n) is 37.1. The molecule has 11 heteroatoms. The van der Waals surface area contributed by atoms with Crippen LogP contribution in [0.25, 0.3) is 233 Å². The van der Waals surface area contributed by atoms with Crippen LogP contribution in [0.3, 0.4) is 0 Å². The number of nitrogens with zero attached hydrogens (tertiary/aromatic N) is 8. The number of halogens is 3. The minimum absolute atomic E-state index is 0.563. The smallest absolute Gasteiger partial charge is 0.309 e. The SMILES string of the molecule is Cc1cc(C(F)(F)F)ccc1-c1ccc2c(c1)c1ccccc1n2-c1ccc(-c2cc(-c3ccccc3)nc(-c3ccccc3)n2)cc1-c1ccccc1-n1c2ccccc2c2ccccc21.Cc1cc(C)c(-c2ccc3c(c2)c2cc(-c4c(C)cc(C)cc4C)ccc2n3-c2ccc(-c3cc(-c4ccccc4)nc(-c4ccccc4)n3)cc2-c2ccccc2-n2c3ccccc3c3ccccc32)c(C)c1. The Bertz CT molecular complexity index is 8920. The van der Waals surface area contributed by atoms with E-state index in [9.17, 15) is 13.2 Å². The summed E-state index contributed by atoms with van der Waals surface area (Å²) in [5.74, 6) is 1.32. The normalized spacial score (nSPS) is 11.8. The Labute approximate surface area is 815 Å². The molecule has 0 spiro atoms. The molecule has 25 aromatic rings.